The molecule has 0 atom stereocenters. The molecule has 0 spiro atoms. The predicted octanol–water partition coefficient (Wildman–Crippen LogP) is 3.89. The number of amides is 1. The Balaban J connectivity index is 1.49. The molecule has 7 heteroatoms. The second-order valence-electron chi connectivity index (χ2n) is 6.02. The number of hydrogen-bond donors (Lipinski definition) is 2. The van der Waals surface area contributed by atoms with Crippen molar-refractivity contribution < 1.29 is 4.79 Å². The van der Waals surface area contributed by atoms with Crippen LogP contribution in [0.2, 0.25) is 5.02 Å². The number of aromatic nitrogens is 2. The van der Waals surface area contributed by atoms with Crippen LogP contribution in [-0.4, -0.2) is 27.7 Å². The molecule has 1 heterocycles. The van der Waals surface area contributed by atoms with Crippen LogP contribution < -0.4 is 10.6 Å². The summed E-state index contributed by atoms with van der Waals surface area (Å²) in [4.78, 5) is 20.4. The smallest absolute Gasteiger partial charge is 0.230 e. The number of halogens is 1. The predicted molar refractivity (Wildman–Crippen MR) is 102 cm³/mol. The third-order valence-electron chi connectivity index (χ3n) is 4.13. The zero-order chi connectivity index (χ0) is 17.5. The molecule has 1 aliphatic rings. The summed E-state index contributed by atoms with van der Waals surface area (Å²) in [6.45, 7) is 0.586. The second-order valence-corrected chi connectivity index (χ2v) is 7.43. The van der Waals surface area contributed by atoms with Gasteiger partial charge in [0.1, 0.15) is 17.2 Å². The van der Waals surface area contributed by atoms with E-state index >= 15 is 0 Å². The minimum Gasteiger partial charge on any atom is -0.366 e. The van der Waals surface area contributed by atoms with Gasteiger partial charge in [0, 0.05) is 23.7 Å². The number of thioether (sulfide) groups is 1. The zero-order valence-corrected chi connectivity index (χ0v) is 15.4. The summed E-state index contributed by atoms with van der Waals surface area (Å²) in [7, 11) is 0. The number of anilines is 1. The molecule has 1 aromatic heterocycles. The molecule has 1 saturated carbocycles. The van der Waals surface area contributed by atoms with Gasteiger partial charge >= 0.3 is 0 Å². The summed E-state index contributed by atoms with van der Waals surface area (Å²) >= 11 is 7.58. The summed E-state index contributed by atoms with van der Waals surface area (Å²) in [5.41, 5.74) is 1.01. The fourth-order valence-corrected chi connectivity index (χ4v) is 3.70. The Hall–Kier alpha value is -1.79. The summed E-state index contributed by atoms with van der Waals surface area (Å²) in [6, 6.07) is 9.90. The van der Waals surface area contributed by atoms with Gasteiger partial charge in [-0.15, -0.1) is 0 Å². The Labute approximate surface area is 157 Å². The van der Waals surface area contributed by atoms with Crippen LogP contribution in [-0.2, 0) is 11.3 Å². The van der Waals surface area contributed by atoms with Gasteiger partial charge in [0.25, 0.3) is 0 Å². The standard InChI is InChI=1S/C18H21ClN4OS/c19-15-8-4-1-5-13(15)10-20-16-9-18(22-12-21-16)25-11-17(24)23-14-6-2-3-7-14/h1,4-5,8-9,12,14H,2-3,6-7,10-11H2,(H,23,24)(H,20,21,22). The van der Waals surface area contributed by atoms with Crippen molar-refractivity contribution in [3.63, 3.8) is 0 Å². The van der Waals surface area contributed by atoms with Crippen LogP contribution in [0, 0.1) is 0 Å². The fourth-order valence-electron chi connectivity index (χ4n) is 2.82. The largest absolute Gasteiger partial charge is 0.366 e. The number of carbonyl (C=O) groups excluding carboxylic acids is 1. The van der Waals surface area contributed by atoms with Gasteiger partial charge in [-0.05, 0) is 24.5 Å². The van der Waals surface area contributed by atoms with Crippen LogP contribution in [0.25, 0.3) is 0 Å². The van der Waals surface area contributed by atoms with Crippen LogP contribution in [0.15, 0.2) is 41.7 Å². The molecule has 1 amide bonds. The summed E-state index contributed by atoms with van der Waals surface area (Å²) in [5, 5.41) is 7.82. The normalized spacial score (nSPS) is 14.4. The van der Waals surface area contributed by atoms with Gasteiger partial charge in [-0.1, -0.05) is 54.4 Å². The first-order chi connectivity index (χ1) is 12.2. The Kier molecular flexibility index (Phi) is 6.53. The van der Waals surface area contributed by atoms with Crippen molar-refractivity contribution in [2.45, 2.75) is 43.3 Å². The van der Waals surface area contributed by atoms with Crippen molar-refractivity contribution in [2.24, 2.45) is 0 Å². The molecule has 0 saturated heterocycles. The van der Waals surface area contributed by atoms with E-state index in [1.807, 2.05) is 30.3 Å². The van der Waals surface area contributed by atoms with Crippen LogP contribution in [0.4, 0.5) is 5.82 Å². The van der Waals surface area contributed by atoms with E-state index in [1.54, 1.807) is 0 Å². The monoisotopic (exact) mass is 376 g/mol. The van der Waals surface area contributed by atoms with E-state index in [-0.39, 0.29) is 5.91 Å². The molecule has 1 aliphatic carbocycles. The average Bonchev–Trinajstić information content (AvgIpc) is 3.13. The Morgan fingerprint density at radius 1 is 1.24 bits per heavy atom. The third kappa shape index (κ3) is 5.61. The lowest BCUT2D eigenvalue weighted by atomic mass is 10.2. The van der Waals surface area contributed by atoms with E-state index in [0.717, 1.165) is 28.5 Å². The third-order valence-corrected chi connectivity index (χ3v) is 5.43. The van der Waals surface area contributed by atoms with Crippen molar-refractivity contribution in [2.75, 3.05) is 11.1 Å². The highest BCUT2D eigenvalue weighted by molar-refractivity contribution is 7.99. The Morgan fingerprint density at radius 3 is 2.84 bits per heavy atom. The number of nitrogens with one attached hydrogen (secondary N) is 2. The lowest BCUT2D eigenvalue weighted by Crippen LogP contribution is -2.33. The molecule has 5 nitrogen and oxygen atoms in total. The van der Waals surface area contributed by atoms with E-state index in [1.165, 1.54) is 30.9 Å². The molecular weight excluding hydrogens is 356 g/mol. The molecule has 0 bridgehead atoms. The molecule has 0 unspecified atom stereocenters. The number of rotatable bonds is 7. The van der Waals surface area contributed by atoms with E-state index in [9.17, 15) is 4.79 Å². The SMILES string of the molecule is O=C(CSc1cc(NCc2ccccc2Cl)ncn1)NC1CCCC1. The van der Waals surface area contributed by atoms with Crippen LogP contribution in [0.1, 0.15) is 31.2 Å². The molecule has 3 rings (SSSR count). The van der Waals surface area contributed by atoms with Gasteiger partial charge in [0.2, 0.25) is 5.91 Å². The highest BCUT2D eigenvalue weighted by Gasteiger charge is 2.17. The molecule has 1 fully saturated rings. The number of benzene rings is 1. The second kappa shape index (κ2) is 9.06. The number of hydrogen-bond acceptors (Lipinski definition) is 5. The molecule has 2 N–H and O–H groups in total. The first-order valence-electron chi connectivity index (χ1n) is 8.42. The van der Waals surface area contributed by atoms with Gasteiger partial charge in [0.15, 0.2) is 0 Å². The molecule has 0 aliphatic heterocycles. The summed E-state index contributed by atoms with van der Waals surface area (Å²) < 4.78 is 0. The van der Waals surface area contributed by atoms with Gasteiger partial charge < -0.3 is 10.6 Å². The van der Waals surface area contributed by atoms with E-state index < -0.39 is 0 Å². The van der Waals surface area contributed by atoms with Crippen molar-refractivity contribution in [1.82, 2.24) is 15.3 Å². The Bertz CT molecular complexity index is 722. The highest BCUT2D eigenvalue weighted by Crippen LogP contribution is 2.21. The maximum absolute atomic E-state index is 12.0. The van der Waals surface area contributed by atoms with Crippen molar-refractivity contribution in [1.29, 1.82) is 0 Å². The van der Waals surface area contributed by atoms with Gasteiger partial charge in [0.05, 0.1) is 5.75 Å². The Morgan fingerprint density at radius 2 is 2.04 bits per heavy atom. The van der Waals surface area contributed by atoms with Gasteiger partial charge in [-0.25, -0.2) is 9.97 Å². The lowest BCUT2D eigenvalue weighted by molar-refractivity contribution is -0.119. The first kappa shape index (κ1) is 18.0. The average molecular weight is 377 g/mol. The van der Waals surface area contributed by atoms with Crippen molar-refractivity contribution in [3.05, 3.63) is 47.2 Å². The molecule has 132 valence electrons. The molecular formula is C18H21ClN4OS. The molecule has 25 heavy (non-hydrogen) atoms. The van der Waals surface area contributed by atoms with Crippen molar-refractivity contribution >= 4 is 35.1 Å². The van der Waals surface area contributed by atoms with E-state index in [2.05, 4.69) is 20.6 Å². The van der Waals surface area contributed by atoms with Gasteiger partial charge in [-0.3, -0.25) is 4.79 Å². The number of nitrogens with zero attached hydrogens (tertiary/aromatic N) is 2. The fraction of sp³-hybridized carbons (Fsp3) is 0.389. The van der Waals surface area contributed by atoms with Gasteiger partial charge in [-0.2, -0.15) is 0 Å². The summed E-state index contributed by atoms with van der Waals surface area (Å²) in [6.07, 6.45) is 6.13. The van der Waals surface area contributed by atoms with Crippen molar-refractivity contribution in [3.8, 4) is 0 Å². The topological polar surface area (TPSA) is 66.9 Å². The maximum Gasteiger partial charge on any atom is 0.230 e. The van der Waals surface area contributed by atoms with E-state index in [4.69, 9.17) is 11.6 Å². The highest BCUT2D eigenvalue weighted by atomic mass is 35.5. The molecule has 1 aromatic carbocycles. The zero-order valence-electron chi connectivity index (χ0n) is 13.9. The van der Waals surface area contributed by atoms with Crippen LogP contribution >= 0.6 is 23.4 Å². The minimum atomic E-state index is 0.0705. The molecule has 0 radical (unpaired) electrons. The molecule has 2 aromatic rings. The lowest BCUT2D eigenvalue weighted by Gasteiger charge is -2.11. The quantitative estimate of drug-likeness (QED) is 0.566. The maximum atomic E-state index is 12.0. The van der Waals surface area contributed by atoms with E-state index in [0.29, 0.717) is 24.2 Å². The first-order valence-corrected chi connectivity index (χ1v) is 9.78. The number of carbonyl (C=O) groups is 1. The summed E-state index contributed by atoms with van der Waals surface area (Å²) in [5.74, 6) is 1.16. The van der Waals surface area contributed by atoms with Crippen LogP contribution in [0.5, 0.6) is 0 Å². The minimum absolute atomic E-state index is 0.0705. The van der Waals surface area contributed by atoms with Crippen LogP contribution in [0.3, 0.4) is 0 Å².